The normalized spacial score (nSPS) is 15.7. The molecule has 0 saturated heterocycles. The summed E-state index contributed by atoms with van der Waals surface area (Å²) in [6.45, 7) is 4.58. The Balaban J connectivity index is 1.83. The van der Waals surface area contributed by atoms with Crippen LogP contribution in [0.1, 0.15) is 32.6 Å². The molecule has 1 aromatic rings. The van der Waals surface area contributed by atoms with Crippen LogP contribution in [0.15, 0.2) is 29.2 Å². The van der Waals surface area contributed by atoms with E-state index >= 15 is 0 Å². The fourth-order valence-electron chi connectivity index (χ4n) is 2.09. The Morgan fingerprint density at radius 1 is 1.24 bits per heavy atom. The first-order valence-electron chi connectivity index (χ1n) is 7.58. The molecule has 0 radical (unpaired) electrons. The maximum atomic E-state index is 12.1. The third kappa shape index (κ3) is 4.98. The van der Waals surface area contributed by atoms with E-state index in [2.05, 4.69) is 17.0 Å². The number of sulfonamides is 1. The van der Waals surface area contributed by atoms with Gasteiger partial charge in [0.1, 0.15) is 5.75 Å². The van der Waals surface area contributed by atoms with Crippen molar-refractivity contribution in [3.63, 3.8) is 0 Å². The predicted molar refractivity (Wildman–Crippen MR) is 83.1 cm³/mol. The van der Waals surface area contributed by atoms with Gasteiger partial charge in [0.25, 0.3) is 0 Å². The lowest BCUT2D eigenvalue weighted by Gasteiger charge is -2.26. The van der Waals surface area contributed by atoms with Crippen LogP contribution in [0.5, 0.6) is 5.75 Å². The molecule has 0 atom stereocenters. The monoisotopic (exact) mass is 312 g/mol. The van der Waals surface area contributed by atoms with Crippen LogP contribution in [0.3, 0.4) is 0 Å². The van der Waals surface area contributed by atoms with Crippen molar-refractivity contribution in [2.45, 2.75) is 43.5 Å². The van der Waals surface area contributed by atoms with Crippen LogP contribution in [0.4, 0.5) is 0 Å². The number of nitrogens with one attached hydrogen (secondary N) is 2. The highest BCUT2D eigenvalue weighted by Crippen LogP contribution is 2.22. The van der Waals surface area contributed by atoms with Gasteiger partial charge in [-0.15, -0.1) is 0 Å². The summed E-state index contributed by atoms with van der Waals surface area (Å²) >= 11 is 0. The molecular formula is C15H24N2O3S. The van der Waals surface area contributed by atoms with Gasteiger partial charge in [-0.05, 0) is 56.6 Å². The standard InChI is InChI=1S/C15H24N2O3S/c1-2-16-11-4-12-20-14-7-9-15(10-8-14)21(18,19)17-13-5-3-6-13/h7-10,13,16-17H,2-6,11-12H2,1H3. The summed E-state index contributed by atoms with van der Waals surface area (Å²) < 4.78 is 32.5. The van der Waals surface area contributed by atoms with Crippen LogP contribution < -0.4 is 14.8 Å². The van der Waals surface area contributed by atoms with Crippen molar-refractivity contribution in [2.24, 2.45) is 0 Å². The van der Waals surface area contributed by atoms with E-state index in [0.717, 1.165) is 38.8 Å². The molecule has 2 N–H and O–H groups in total. The Kier molecular flexibility index (Phi) is 6.02. The third-order valence-electron chi connectivity index (χ3n) is 3.58. The molecule has 2 rings (SSSR count). The first-order valence-corrected chi connectivity index (χ1v) is 9.06. The van der Waals surface area contributed by atoms with Gasteiger partial charge in [0.05, 0.1) is 11.5 Å². The van der Waals surface area contributed by atoms with Crippen molar-refractivity contribution in [1.82, 2.24) is 10.0 Å². The van der Waals surface area contributed by atoms with Crippen molar-refractivity contribution in [3.05, 3.63) is 24.3 Å². The van der Waals surface area contributed by atoms with Gasteiger partial charge < -0.3 is 10.1 Å². The molecule has 0 amide bonds. The van der Waals surface area contributed by atoms with Crippen molar-refractivity contribution in [1.29, 1.82) is 0 Å². The maximum absolute atomic E-state index is 12.1. The second-order valence-corrected chi connectivity index (χ2v) is 6.99. The summed E-state index contributed by atoms with van der Waals surface area (Å²) in [5.41, 5.74) is 0. The molecule has 1 aliphatic carbocycles. The van der Waals surface area contributed by atoms with Gasteiger partial charge in [0.2, 0.25) is 10.0 Å². The number of hydrogen-bond donors (Lipinski definition) is 2. The summed E-state index contributed by atoms with van der Waals surface area (Å²) in [6.07, 6.45) is 3.91. The number of hydrogen-bond acceptors (Lipinski definition) is 4. The van der Waals surface area contributed by atoms with Crippen molar-refractivity contribution in [3.8, 4) is 5.75 Å². The molecule has 6 heteroatoms. The number of ether oxygens (including phenoxy) is 1. The topological polar surface area (TPSA) is 67.4 Å². The quantitative estimate of drug-likeness (QED) is 0.683. The summed E-state index contributed by atoms with van der Waals surface area (Å²) in [6, 6.07) is 6.73. The number of rotatable bonds is 9. The van der Waals surface area contributed by atoms with Crippen LogP contribution in [-0.4, -0.2) is 34.2 Å². The SMILES string of the molecule is CCNCCCOc1ccc(S(=O)(=O)NC2CCC2)cc1. The lowest BCUT2D eigenvalue weighted by atomic mass is 9.94. The van der Waals surface area contributed by atoms with E-state index in [1.165, 1.54) is 0 Å². The molecular weight excluding hydrogens is 288 g/mol. The minimum absolute atomic E-state index is 0.108. The van der Waals surface area contributed by atoms with E-state index < -0.39 is 10.0 Å². The Morgan fingerprint density at radius 3 is 2.52 bits per heavy atom. The first-order chi connectivity index (χ1) is 10.1. The van der Waals surface area contributed by atoms with Crippen molar-refractivity contribution >= 4 is 10.0 Å². The molecule has 0 aliphatic heterocycles. The van der Waals surface area contributed by atoms with E-state index in [9.17, 15) is 8.42 Å². The minimum Gasteiger partial charge on any atom is -0.494 e. The summed E-state index contributed by atoms with van der Waals surface area (Å²) in [5.74, 6) is 0.703. The van der Waals surface area contributed by atoms with Crippen molar-refractivity contribution in [2.75, 3.05) is 19.7 Å². The van der Waals surface area contributed by atoms with E-state index in [-0.39, 0.29) is 6.04 Å². The molecule has 0 bridgehead atoms. The predicted octanol–water partition coefficient (Wildman–Crippen LogP) is 1.90. The molecule has 1 saturated carbocycles. The fraction of sp³-hybridized carbons (Fsp3) is 0.600. The molecule has 118 valence electrons. The Labute approximate surface area is 127 Å². The van der Waals surface area contributed by atoms with Gasteiger partial charge in [0, 0.05) is 6.04 Å². The molecule has 21 heavy (non-hydrogen) atoms. The smallest absolute Gasteiger partial charge is 0.240 e. The van der Waals surface area contributed by atoms with Gasteiger partial charge >= 0.3 is 0 Å². The molecule has 0 heterocycles. The molecule has 0 unspecified atom stereocenters. The average Bonchev–Trinajstić information content (AvgIpc) is 2.43. The molecule has 0 aromatic heterocycles. The highest BCUT2D eigenvalue weighted by molar-refractivity contribution is 7.89. The second kappa shape index (κ2) is 7.77. The number of benzene rings is 1. The molecule has 1 aromatic carbocycles. The van der Waals surface area contributed by atoms with Gasteiger partial charge in [0.15, 0.2) is 0 Å². The maximum Gasteiger partial charge on any atom is 0.240 e. The van der Waals surface area contributed by atoms with Crippen molar-refractivity contribution < 1.29 is 13.2 Å². The zero-order valence-corrected chi connectivity index (χ0v) is 13.3. The van der Waals surface area contributed by atoms with Crippen LogP contribution >= 0.6 is 0 Å². The van der Waals surface area contributed by atoms with Crippen LogP contribution in [0.2, 0.25) is 0 Å². The Hall–Kier alpha value is -1.11. The highest BCUT2D eigenvalue weighted by Gasteiger charge is 2.24. The van der Waals surface area contributed by atoms with Crippen LogP contribution in [0.25, 0.3) is 0 Å². The van der Waals surface area contributed by atoms with Gasteiger partial charge in [-0.3, -0.25) is 0 Å². The summed E-state index contributed by atoms with van der Waals surface area (Å²) in [5, 5.41) is 3.23. The zero-order chi connectivity index (χ0) is 15.1. The second-order valence-electron chi connectivity index (χ2n) is 5.28. The largest absolute Gasteiger partial charge is 0.494 e. The van der Waals surface area contributed by atoms with E-state index in [1.807, 2.05) is 0 Å². The zero-order valence-electron chi connectivity index (χ0n) is 12.5. The molecule has 5 nitrogen and oxygen atoms in total. The van der Waals surface area contributed by atoms with E-state index in [1.54, 1.807) is 24.3 Å². The van der Waals surface area contributed by atoms with Crippen LogP contribution in [0, 0.1) is 0 Å². The summed E-state index contributed by atoms with van der Waals surface area (Å²) in [7, 11) is -3.39. The fourth-order valence-corrected chi connectivity index (χ4v) is 3.40. The molecule has 0 spiro atoms. The van der Waals surface area contributed by atoms with Gasteiger partial charge in [-0.2, -0.15) is 0 Å². The molecule has 1 fully saturated rings. The first kappa shape index (κ1) is 16.3. The lowest BCUT2D eigenvalue weighted by Crippen LogP contribution is -2.39. The van der Waals surface area contributed by atoms with Crippen LogP contribution in [-0.2, 0) is 10.0 Å². The average molecular weight is 312 g/mol. The van der Waals surface area contributed by atoms with Gasteiger partial charge in [-0.1, -0.05) is 13.3 Å². The third-order valence-corrected chi connectivity index (χ3v) is 5.11. The summed E-state index contributed by atoms with van der Waals surface area (Å²) in [4.78, 5) is 0.300. The van der Waals surface area contributed by atoms with E-state index in [0.29, 0.717) is 17.3 Å². The van der Waals surface area contributed by atoms with Gasteiger partial charge in [-0.25, -0.2) is 13.1 Å². The minimum atomic E-state index is -3.39. The van der Waals surface area contributed by atoms with E-state index in [4.69, 9.17) is 4.74 Å². The lowest BCUT2D eigenvalue weighted by molar-refractivity contribution is 0.308. The molecule has 1 aliphatic rings. The Bertz CT molecular complexity index is 524. The Morgan fingerprint density at radius 2 is 1.95 bits per heavy atom. The highest BCUT2D eigenvalue weighted by atomic mass is 32.2.